The Labute approximate surface area is 114 Å². The number of fused-ring (bicyclic) bond motifs is 1. The van der Waals surface area contributed by atoms with Crippen molar-refractivity contribution in [2.45, 2.75) is 6.54 Å². The van der Waals surface area contributed by atoms with E-state index in [9.17, 15) is 0 Å². The second-order valence-electron chi connectivity index (χ2n) is 4.15. The molecule has 5 heteroatoms. The van der Waals surface area contributed by atoms with Gasteiger partial charge in [0.15, 0.2) is 0 Å². The van der Waals surface area contributed by atoms with Gasteiger partial charge in [-0.25, -0.2) is 9.97 Å². The van der Waals surface area contributed by atoms with Gasteiger partial charge < -0.3 is 4.57 Å². The molecule has 0 saturated heterocycles. The van der Waals surface area contributed by atoms with E-state index in [1.165, 1.54) is 6.33 Å². The van der Waals surface area contributed by atoms with Gasteiger partial charge in [-0.05, 0) is 23.8 Å². The van der Waals surface area contributed by atoms with Gasteiger partial charge >= 0.3 is 0 Å². The Bertz CT molecular complexity index is 768. The summed E-state index contributed by atoms with van der Waals surface area (Å²) in [5.74, 6) is 0. The van der Waals surface area contributed by atoms with E-state index in [2.05, 4.69) is 16.0 Å². The van der Waals surface area contributed by atoms with Gasteiger partial charge in [-0.1, -0.05) is 23.7 Å². The van der Waals surface area contributed by atoms with Crippen molar-refractivity contribution in [3.8, 4) is 6.07 Å². The molecule has 0 aliphatic heterocycles. The topological polar surface area (TPSA) is 54.5 Å². The zero-order valence-corrected chi connectivity index (χ0v) is 10.7. The molecule has 1 aromatic carbocycles. The van der Waals surface area contributed by atoms with Crippen LogP contribution >= 0.6 is 11.6 Å². The first-order valence-corrected chi connectivity index (χ1v) is 6.10. The highest BCUT2D eigenvalue weighted by Gasteiger charge is 2.06. The van der Waals surface area contributed by atoms with Crippen molar-refractivity contribution >= 4 is 22.6 Å². The minimum atomic E-state index is 0.462. The largest absolute Gasteiger partial charge is 0.328 e. The molecule has 0 unspecified atom stereocenters. The summed E-state index contributed by atoms with van der Waals surface area (Å²) in [5, 5.41) is 10.1. The van der Waals surface area contributed by atoms with Crippen LogP contribution in [0.1, 0.15) is 11.1 Å². The normalized spacial score (nSPS) is 10.5. The molecule has 2 heterocycles. The molecule has 0 radical (unpaired) electrons. The van der Waals surface area contributed by atoms with Gasteiger partial charge in [-0.2, -0.15) is 5.26 Å². The SMILES string of the molecule is N#Cc1ccc(Cn2ccc3c(Cl)ncnc32)cc1. The van der Waals surface area contributed by atoms with Gasteiger partial charge in [-0.15, -0.1) is 0 Å². The zero-order chi connectivity index (χ0) is 13.2. The first-order chi connectivity index (χ1) is 9.28. The first kappa shape index (κ1) is 11.7. The van der Waals surface area contributed by atoms with E-state index < -0.39 is 0 Å². The predicted molar refractivity (Wildman–Crippen MR) is 72.8 cm³/mol. The fourth-order valence-corrected chi connectivity index (χ4v) is 2.17. The quantitative estimate of drug-likeness (QED) is 0.672. The number of rotatable bonds is 2. The summed E-state index contributed by atoms with van der Waals surface area (Å²) < 4.78 is 2.00. The Kier molecular flexibility index (Phi) is 2.90. The summed E-state index contributed by atoms with van der Waals surface area (Å²) in [6, 6.07) is 11.5. The van der Waals surface area contributed by atoms with Crippen molar-refractivity contribution in [2.75, 3.05) is 0 Å². The highest BCUT2D eigenvalue weighted by Crippen LogP contribution is 2.20. The van der Waals surface area contributed by atoms with Gasteiger partial charge in [0.05, 0.1) is 17.0 Å². The van der Waals surface area contributed by atoms with Gasteiger partial charge in [0.25, 0.3) is 0 Å². The monoisotopic (exact) mass is 268 g/mol. The molecule has 0 N–H and O–H groups in total. The van der Waals surface area contributed by atoms with Crippen LogP contribution in [-0.2, 0) is 6.54 Å². The molecular weight excluding hydrogens is 260 g/mol. The molecule has 0 bridgehead atoms. The second kappa shape index (κ2) is 4.71. The number of nitrogens with zero attached hydrogens (tertiary/aromatic N) is 4. The molecule has 92 valence electrons. The van der Waals surface area contributed by atoms with Crippen molar-refractivity contribution in [1.29, 1.82) is 5.26 Å². The number of benzene rings is 1. The summed E-state index contributed by atoms with van der Waals surface area (Å²) in [4.78, 5) is 8.20. The van der Waals surface area contributed by atoms with Crippen molar-refractivity contribution in [1.82, 2.24) is 14.5 Å². The zero-order valence-electron chi connectivity index (χ0n) is 9.92. The molecule has 3 aromatic rings. The summed E-state index contributed by atoms with van der Waals surface area (Å²) in [6.45, 7) is 0.683. The molecule has 2 aromatic heterocycles. The Morgan fingerprint density at radius 1 is 1.16 bits per heavy atom. The molecule has 0 atom stereocenters. The minimum Gasteiger partial charge on any atom is -0.328 e. The molecule has 0 amide bonds. The van der Waals surface area contributed by atoms with Crippen molar-refractivity contribution in [3.05, 3.63) is 59.1 Å². The lowest BCUT2D eigenvalue weighted by Crippen LogP contribution is -1.99. The fourth-order valence-electron chi connectivity index (χ4n) is 1.98. The number of nitriles is 1. The van der Waals surface area contributed by atoms with Crippen molar-refractivity contribution in [3.63, 3.8) is 0 Å². The molecule has 0 aliphatic carbocycles. The van der Waals surface area contributed by atoms with E-state index in [0.717, 1.165) is 16.6 Å². The summed E-state index contributed by atoms with van der Waals surface area (Å²) >= 11 is 6.01. The molecular formula is C14H9ClN4. The molecule has 4 nitrogen and oxygen atoms in total. The third-order valence-corrected chi connectivity index (χ3v) is 3.24. The smallest absolute Gasteiger partial charge is 0.145 e. The van der Waals surface area contributed by atoms with E-state index in [-0.39, 0.29) is 0 Å². The Morgan fingerprint density at radius 2 is 1.95 bits per heavy atom. The predicted octanol–water partition coefficient (Wildman–Crippen LogP) is 3.00. The van der Waals surface area contributed by atoms with Crippen LogP contribution in [-0.4, -0.2) is 14.5 Å². The summed E-state index contributed by atoms with van der Waals surface area (Å²) in [6.07, 6.45) is 3.39. The Morgan fingerprint density at radius 3 is 2.68 bits per heavy atom. The first-order valence-electron chi connectivity index (χ1n) is 5.72. The van der Waals surface area contributed by atoms with E-state index in [4.69, 9.17) is 16.9 Å². The van der Waals surface area contributed by atoms with Gasteiger partial charge in [0.2, 0.25) is 0 Å². The van der Waals surface area contributed by atoms with Crippen molar-refractivity contribution in [2.24, 2.45) is 0 Å². The standard InChI is InChI=1S/C14H9ClN4/c15-13-12-5-6-19(14(12)18-9-17-13)8-11-3-1-10(7-16)2-4-11/h1-6,9H,8H2. The molecule has 19 heavy (non-hydrogen) atoms. The molecule has 0 spiro atoms. The number of hydrogen-bond donors (Lipinski definition) is 0. The highest BCUT2D eigenvalue weighted by molar-refractivity contribution is 6.33. The van der Waals surface area contributed by atoms with Crippen LogP contribution in [0, 0.1) is 11.3 Å². The average molecular weight is 269 g/mol. The summed E-state index contributed by atoms with van der Waals surface area (Å²) in [5.41, 5.74) is 2.57. The maximum Gasteiger partial charge on any atom is 0.145 e. The van der Waals surface area contributed by atoms with Crippen LogP contribution in [0.3, 0.4) is 0 Å². The van der Waals surface area contributed by atoms with Crippen LogP contribution < -0.4 is 0 Å². The lowest BCUT2D eigenvalue weighted by atomic mass is 10.1. The highest BCUT2D eigenvalue weighted by atomic mass is 35.5. The van der Waals surface area contributed by atoms with Crippen LogP contribution in [0.5, 0.6) is 0 Å². The average Bonchev–Trinajstić information content (AvgIpc) is 2.84. The third-order valence-electron chi connectivity index (χ3n) is 2.94. The van der Waals surface area contributed by atoms with Crippen molar-refractivity contribution < 1.29 is 0 Å². The molecule has 0 saturated carbocycles. The number of aromatic nitrogens is 3. The van der Waals surface area contributed by atoms with E-state index in [0.29, 0.717) is 17.3 Å². The minimum absolute atomic E-state index is 0.462. The van der Waals surface area contributed by atoms with Crippen LogP contribution in [0.25, 0.3) is 11.0 Å². The second-order valence-corrected chi connectivity index (χ2v) is 4.51. The number of halogens is 1. The fraction of sp³-hybridized carbons (Fsp3) is 0.0714. The molecule has 3 rings (SSSR count). The molecule has 0 fully saturated rings. The maximum absolute atomic E-state index is 8.77. The van der Waals surface area contributed by atoms with Gasteiger partial charge in [0.1, 0.15) is 17.1 Å². The van der Waals surface area contributed by atoms with Crippen LogP contribution in [0.15, 0.2) is 42.9 Å². The Balaban J connectivity index is 1.97. The third kappa shape index (κ3) is 2.16. The van der Waals surface area contributed by atoms with E-state index >= 15 is 0 Å². The van der Waals surface area contributed by atoms with Crippen LogP contribution in [0.2, 0.25) is 5.15 Å². The summed E-state index contributed by atoms with van der Waals surface area (Å²) in [7, 11) is 0. The maximum atomic E-state index is 8.77. The van der Waals surface area contributed by atoms with E-state index in [1.54, 1.807) is 0 Å². The molecule has 0 aliphatic rings. The van der Waals surface area contributed by atoms with E-state index in [1.807, 2.05) is 41.1 Å². The van der Waals surface area contributed by atoms with Gasteiger partial charge in [0, 0.05) is 12.7 Å². The lowest BCUT2D eigenvalue weighted by molar-refractivity contribution is 0.823. The van der Waals surface area contributed by atoms with Gasteiger partial charge in [-0.3, -0.25) is 0 Å². The van der Waals surface area contributed by atoms with Crippen LogP contribution in [0.4, 0.5) is 0 Å². The Hall–Kier alpha value is -2.38. The lowest BCUT2D eigenvalue weighted by Gasteiger charge is -2.05. The number of hydrogen-bond acceptors (Lipinski definition) is 3.